The van der Waals surface area contributed by atoms with Crippen LogP contribution in [0.2, 0.25) is 0 Å². The normalized spacial score (nSPS) is 20.1. The lowest BCUT2D eigenvalue weighted by atomic mass is 9.75. The number of aromatic nitrogens is 1. The molecule has 0 amide bonds. The van der Waals surface area contributed by atoms with Gasteiger partial charge in [-0.25, -0.2) is 4.98 Å². The van der Waals surface area contributed by atoms with Crippen LogP contribution in [0.4, 0.5) is 0 Å². The number of methoxy groups -OCH3 is 1. The van der Waals surface area contributed by atoms with Gasteiger partial charge in [0.25, 0.3) is 0 Å². The van der Waals surface area contributed by atoms with Crippen molar-refractivity contribution in [3.63, 3.8) is 0 Å². The van der Waals surface area contributed by atoms with E-state index < -0.39 is 0 Å². The van der Waals surface area contributed by atoms with Gasteiger partial charge in [-0.15, -0.1) is 11.3 Å². The number of nitrogens with two attached hydrogens (primary N) is 1. The van der Waals surface area contributed by atoms with Crippen molar-refractivity contribution in [1.82, 2.24) is 4.98 Å². The molecular formula is C15H26N2OS. The molecule has 108 valence electrons. The first-order valence-electron chi connectivity index (χ1n) is 7.10. The van der Waals surface area contributed by atoms with Crippen LogP contribution in [0.3, 0.4) is 0 Å². The standard InChI is InChI=1S/C15H26N2OS/c1-14(2,3)12-10-19-13(17-12)8-11(16)9-15(18-4)6-5-7-15/h10-11H,5-9,16H2,1-4H3. The summed E-state index contributed by atoms with van der Waals surface area (Å²) in [6.07, 6.45) is 5.40. The van der Waals surface area contributed by atoms with Gasteiger partial charge in [-0.05, 0) is 25.7 Å². The largest absolute Gasteiger partial charge is 0.378 e. The predicted octanol–water partition coefficient (Wildman–Crippen LogP) is 3.27. The highest BCUT2D eigenvalue weighted by Crippen LogP contribution is 2.39. The summed E-state index contributed by atoms with van der Waals surface area (Å²) in [7, 11) is 1.81. The lowest BCUT2D eigenvalue weighted by Crippen LogP contribution is -2.45. The minimum atomic E-state index is 0.0591. The molecule has 0 spiro atoms. The van der Waals surface area contributed by atoms with E-state index in [1.165, 1.54) is 12.1 Å². The Morgan fingerprint density at radius 3 is 2.58 bits per heavy atom. The summed E-state index contributed by atoms with van der Waals surface area (Å²) in [5.41, 5.74) is 7.64. The van der Waals surface area contributed by atoms with Gasteiger partial charge in [0, 0.05) is 30.4 Å². The van der Waals surface area contributed by atoms with Gasteiger partial charge in [-0.2, -0.15) is 0 Å². The number of rotatable bonds is 5. The average molecular weight is 282 g/mol. The van der Waals surface area contributed by atoms with Gasteiger partial charge >= 0.3 is 0 Å². The zero-order valence-corrected chi connectivity index (χ0v) is 13.3. The Bertz CT molecular complexity index is 413. The molecule has 2 N–H and O–H groups in total. The number of thiazole rings is 1. The van der Waals surface area contributed by atoms with E-state index in [9.17, 15) is 0 Å². The average Bonchev–Trinajstić information content (AvgIpc) is 2.71. The number of hydrogen-bond acceptors (Lipinski definition) is 4. The van der Waals surface area contributed by atoms with Gasteiger partial charge in [0.15, 0.2) is 0 Å². The third kappa shape index (κ3) is 3.56. The Morgan fingerprint density at radius 2 is 2.16 bits per heavy atom. The predicted molar refractivity (Wildman–Crippen MR) is 80.7 cm³/mol. The highest BCUT2D eigenvalue weighted by molar-refractivity contribution is 7.09. The maximum absolute atomic E-state index is 6.28. The lowest BCUT2D eigenvalue weighted by Gasteiger charge is -2.42. The van der Waals surface area contributed by atoms with Crippen LogP contribution in [0.5, 0.6) is 0 Å². The van der Waals surface area contributed by atoms with E-state index >= 15 is 0 Å². The fourth-order valence-corrected chi connectivity index (χ4v) is 3.70. The van der Waals surface area contributed by atoms with Crippen molar-refractivity contribution in [2.24, 2.45) is 5.73 Å². The van der Waals surface area contributed by atoms with Gasteiger partial charge < -0.3 is 10.5 Å². The van der Waals surface area contributed by atoms with E-state index in [1.807, 2.05) is 7.11 Å². The van der Waals surface area contributed by atoms with Crippen LogP contribution in [0, 0.1) is 0 Å². The summed E-state index contributed by atoms with van der Waals surface area (Å²) in [5.74, 6) is 0. The van der Waals surface area contributed by atoms with Crippen LogP contribution in [-0.4, -0.2) is 23.7 Å². The van der Waals surface area contributed by atoms with Crippen LogP contribution in [0.1, 0.15) is 57.2 Å². The number of nitrogens with zero attached hydrogens (tertiary/aromatic N) is 1. The number of hydrogen-bond donors (Lipinski definition) is 1. The molecule has 1 aromatic heterocycles. The van der Waals surface area contributed by atoms with E-state index in [0.29, 0.717) is 0 Å². The van der Waals surface area contributed by atoms with E-state index in [2.05, 4.69) is 26.2 Å². The molecule has 1 aliphatic carbocycles. The van der Waals surface area contributed by atoms with Crippen molar-refractivity contribution in [2.75, 3.05) is 7.11 Å². The zero-order valence-electron chi connectivity index (χ0n) is 12.5. The van der Waals surface area contributed by atoms with E-state index in [0.717, 1.165) is 30.7 Å². The Morgan fingerprint density at radius 1 is 1.47 bits per heavy atom. The van der Waals surface area contributed by atoms with Crippen LogP contribution in [0.15, 0.2) is 5.38 Å². The molecule has 2 rings (SSSR count). The molecule has 0 aromatic carbocycles. The molecule has 1 aliphatic rings. The Hall–Kier alpha value is -0.450. The molecule has 1 unspecified atom stereocenters. The quantitative estimate of drug-likeness (QED) is 0.901. The monoisotopic (exact) mass is 282 g/mol. The van der Waals surface area contributed by atoms with Gasteiger partial charge in [-0.1, -0.05) is 20.8 Å². The third-order valence-electron chi connectivity index (χ3n) is 4.09. The van der Waals surface area contributed by atoms with Crippen LogP contribution in [-0.2, 0) is 16.6 Å². The maximum atomic E-state index is 6.28. The zero-order chi connectivity index (χ0) is 14.1. The topological polar surface area (TPSA) is 48.1 Å². The molecular weight excluding hydrogens is 256 g/mol. The maximum Gasteiger partial charge on any atom is 0.0943 e. The Balaban J connectivity index is 1.92. The Labute approximate surface area is 120 Å². The van der Waals surface area contributed by atoms with Crippen molar-refractivity contribution >= 4 is 11.3 Å². The summed E-state index contributed by atoms with van der Waals surface area (Å²) < 4.78 is 5.64. The lowest BCUT2D eigenvalue weighted by molar-refractivity contribution is -0.0813. The Kier molecular flexibility index (Phi) is 4.33. The second-order valence-corrected chi connectivity index (χ2v) is 7.73. The summed E-state index contributed by atoms with van der Waals surface area (Å²) in [6, 6.07) is 0.152. The third-order valence-corrected chi connectivity index (χ3v) is 4.96. The van der Waals surface area contributed by atoms with Crippen molar-refractivity contribution in [1.29, 1.82) is 0 Å². The molecule has 1 heterocycles. The summed E-state index contributed by atoms with van der Waals surface area (Å²) in [5, 5.41) is 3.32. The van der Waals surface area contributed by atoms with Gasteiger partial charge in [0.2, 0.25) is 0 Å². The minimum absolute atomic E-state index is 0.0591. The van der Waals surface area contributed by atoms with Crippen molar-refractivity contribution < 1.29 is 4.74 Å². The first kappa shape index (κ1) is 14.9. The smallest absolute Gasteiger partial charge is 0.0943 e. The molecule has 0 aliphatic heterocycles. The molecule has 0 bridgehead atoms. The molecule has 0 saturated heterocycles. The van der Waals surface area contributed by atoms with E-state index in [4.69, 9.17) is 15.5 Å². The van der Waals surface area contributed by atoms with Gasteiger partial charge in [0.05, 0.1) is 16.3 Å². The summed E-state index contributed by atoms with van der Waals surface area (Å²) >= 11 is 1.73. The summed E-state index contributed by atoms with van der Waals surface area (Å²) in [4.78, 5) is 4.72. The molecule has 1 aromatic rings. The fraction of sp³-hybridized carbons (Fsp3) is 0.800. The van der Waals surface area contributed by atoms with Gasteiger partial charge in [-0.3, -0.25) is 0 Å². The fourth-order valence-electron chi connectivity index (χ4n) is 2.59. The highest BCUT2D eigenvalue weighted by Gasteiger charge is 2.38. The number of ether oxygens (including phenoxy) is 1. The van der Waals surface area contributed by atoms with Crippen molar-refractivity contribution in [3.8, 4) is 0 Å². The van der Waals surface area contributed by atoms with E-state index in [1.54, 1.807) is 11.3 Å². The second kappa shape index (κ2) is 5.51. The summed E-state index contributed by atoms with van der Waals surface area (Å²) in [6.45, 7) is 6.58. The molecule has 1 atom stereocenters. The molecule has 3 nitrogen and oxygen atoms in total. The second-order valence-electron chi connectivity index (χ2n) is 6.79. The SMILES string of the molecule is COC1(CC(N)Cc2nc(C(C)(C)C)cs2)CCC1. The van der Waals surface area contributed by atoms with Crippen molar-refractivity contribution in [3.05, 3.63) is 16.1 Å². The molecule has 1 saturated carbocycles. The van der Waals surface area contributed by atoms with Crippen LogP contribution >= 0.6 is 11.3 Å². The highest BCUT2D eigenvalue weighted by atomic mass is 32.1. The molecule has 19 heavy (non-hydrogen) atoms. The van der Waals surface area contributed by atoms with Gasteiger partial charge in [0.1, 0.15) is 0 Å². The first-order chi connectivity index (χ1) is 8.85. The molecule has 0 radical (unpaired) electrons. The van der Waals surface area contributed by atoms with Crippen LogP contribution < -0.4 is 5.73 Å². The first-order valence-corrected chi connectivity index (χ1v) is 7.98. The molecule has 4 heteroatoms. The minimum Gasteiger partial charge on any atom is -0.378 e. The van der Waals surface area contributed by atoms with Crippen LogP contribution in [0.25, 0.3) is 0 Å². The van der Waals surface area contributed by atoms with Crippen molar-refractivity contribution in [2.45, 2.75) is 69.9 Å². The van der Waals surface area contributed by atoms with E-state index in [-0.39, 0.29) is 17.1 Å². The molecule has 1 fully saturated rings.